The summed E-state index contributed by atoms with van der Waals surface area (Å²) < 4.78 is 10.5. The summed E-state index contributed by atoms with van der Waals surface area (Å²) in [7, 11) is 1.52. The third-order valence-electron chi connectivity index (χ3n) is 3.48. The SMILES string of the molecule is CCOC(=O)[C@H](Nc1ccc(NC(C)=O)c(OC)c1)c1ccccc1. The van der Waals surface area contributed by atoms with Crippen LogP contribution in [-0.4, -0.2) is 25.6 Å². The Kier molecular flexibility index (Phi) is 6.39. The van der Waals surface area contributed by atoms with Gasteiger partial charge in [-0.25, -0.2) is 4.79 Å². The van der Waals surface area contributed by atoms with Gasteiger partial charge in [0.15, 0.2) is 6.04 Å². The van der Waals surface area contributed by atoms with Crippen molar-refractivity contribution < 1.29 is 19.1 Å². The van der Waals surface area contributed by atoms with Crippen molar-refractivity contribution in [2.24, 2.45) is 0 Å². The van der Waals surface area contributed by atoms with Gasteiger partial charge in [0.05, 0.1) is 19.4 Å². The van der Waals surface area contributed by atoms with Crippen LogP contribution in [0, 0.1) is 0 Å². The Morgan fingerprint density at radius 1 is 1.12 bits per heavy atom. The van der Waals surface area contributed by atoms with Crippen molar-refractivity contribution in [3.63, 3.8) is 0 Å². The third kappa shape index (κ3) is 4.97. The minimum Gasteiger partial charge on any atom is -0.494 e. The first kappa shape index (κ1) is 18.3. The second kappa shape index (κ2) is 8.73. The van der Waals surface area contributed by atoms with Gasteiger partial charge in [-0.15, -0.1) is 0 Å². The van der Waals surface area contributed by atoms with Crippen LogP contribution in [0.4, 0.5) is 11.4 Å². The van der Waals surface area contributed by atoms with E-state index in [1.807, 2.05) is 30.3 Å². The molecule has 1 atom stereocenters. The molecule has 0 unspecified atom stereocenters. The fourth-order valence-electron chi connectivity index (χ4n) is 2.39. The van der Waals surface area contributed by atoms with E-state index in [1.54, 1.807) is 25.1 Å². The van der Waals surface area contributed by atoms with E-state index in [9.17, 15) is 9.59 Å². The lowest BCUT2D eigenvalue weighted by Gasteiger charge is -2.20. The molecule has 0 radical (unpaired) electrons. The van der Waals surface area contributed by atoms with Gasteiger partial charge < -0.3 is 20.1 Å². The Balaban J connectivity index is 2.29. The molecule has 6 nitrogen and oxygen atoms in total. The minimum atomic E-state index is -0.641. The van der Waals surface area contributed by atoms with E-state index in [-0.39, 0.29) is 11.9 Å². The van der Waals surface area contributed by atoms with Gasteiger partial charge in [0.2, 0.25) is 5.91 Å². The van der Waals surface area contributed by atoms with Crippen LogP contribution in [0.25, 0.3) is 0 Å². The van der Waals surface area contributed by atoms with Gasteiger partial charge in [0, 0.05) is 18.7 Å². The molecule has 0 aliphatic heterocycles. The average Bonchev–Trinajstić information content (AvgIpc) is 2.61. The number of carbonyl (C=O) groups is 2. The lowest BCUT2D eigenvalue weighted by Crippen LogP contribution is -2.23. The molecule has 6 heteroatoms. The largest absolute Gasteiger partial charge is 0.494 e. The van der Waals surface area contributed by atoms with E-state index in [0.717, 1.165) is 5.56 Å². The van der Waals surface area contributed by atoms with E-state index in [1.165, 1.54) is 14.0 Å². The highest BCUT2D eigenvalue weighted by Crippen LogP contribution is 2.30. The number of ether oxygens (including phenoxy) is 2. The Bertz CT molecular complexity index is 731. The van der Waals surface area contributed by atoms with Gasteiger partial charge >= 0.3 is 5.97 Å². The number of nitrogens with one attached hydrogen (secondary N) is 2. The summed E-state index contributed by atoms with van der Waals surface area (Å²) in [5, 5.41) is 5.86. The number of rotatable bonds is 7. The lowest BCUT2D eigenvalue weighted by molar-refractivity contribution is -0.144. The summed E-state index contributed by atoms with van der Waals surface area (Å²) in [5.41, 5.74) is 2.03. The minimum absolute atomic E-state index is 0.187. The van der Waals surface area contributed by atoms with Crippen molar-refractivity contribution in [2.45, 2.75) is 19.9 Å². The van der Waals surface area contributed by atoms with E-state index >= 15 is 0 Å². The molecule has 0 aliphatic carbocycles. The Labute approximate surface area is 147 Å². The first-order valence-corrected chi connectivity index (χ1v) is 7.99. The monoisotopic (exact) mass is 342 g/mol. The second-order valence-electron chi connectivity index (χ2n) is 5.34. The molecule has 25 heavy (non-hydrogen) atoms. The van der Waals surface area contributed by atoms with Gasteiger partial charge in [0.1, 0.15) is 5.75 Å². The predicted molar refractivity (Wildman–Crippen MR) is 96.7 cm³/mol. The maximum absolute atomic E-state index is 12.3. The molecule has 2 N–H and O–H groups in total. The van der Waals surface area contributed by atoms with Gasteiger partial charge in [-0.2, -0.15) is 0 Å². The van der Waals surface area contributed by atoms with Crippen molar-refractivity contribution in [2.75, 3.05) is 24.4 Å². The summed E-state index contributed by atoms with van der Waals surface area (Å²) in [6, 6.07) is 13.9. The smallest absolute Gasteiger partial charge is 0.333 e. The number of amides is 1. The first-order chi connectivity index (χ1) is 12.0. The maximum atomic E-state index is 12.3. The van der Waals surface area contributed by atoms with Crippen LogP contribution in [0.2, 0.25) is 0 Å². The van der Waals surface area contributed by atoms with Crippen LogP contribution in [0.5, 0.6) is 5.75 Å². The summed E-state index contributed by atoms with van der Waals surface area (Å²) in [4.78, 5) is 23.6. The number of benzene rings is 2. The van der Waals surface area contributed by atoms with Crippen molar-refractivity contribution in [1.29, 1.82) is 0 Å². The number of methoxy groups -OCH3 is 1. The lowest BCUT2D eigenvalue weighted by atomic mass is 10.1. The zero-order valence-electron chi connectivity index (χ0n) is 14.5. The molecule has 0 fully saturated rings. The molecule has 1 amide bonds. The summed E-state index contributed by atoms with van der Waals surface area (Å²) >= 11 is 0. The summed E-state index contributed by atoms with van der Waals surface area (Å²) in [6.07, 6.45) is 0. The standard InChI is InChI=1S/C19H22N2O4/c1-4-25-19(23)18(14-8-6-5-7-9-14)21-15-10-11-16(20-13(2)22)17(12-15)24-3/h5-12,18,21H,4H2,1-3H3,(H,20,22)/t18-/m1/s1. The molecular weight excluding hydrogens is 320 g/mol. The molecular formula is C19H22N2O4. The van der Waals surface area contributed by atoms with E-state index in [2.05, 4.69) is 10.6 Å². The molecule has 0 saturated heterocycles. The zero-order chi connectivity index (χ0) is 18.2. The molecule has 2 rings (SSSR count). The van der Waals surface area contributed by atoms with Crippen LogP contribution in [0.15, 0.2) is 48.5 Å². The summed E-state index contributed by atoms with van der Waals surface area (Å²) in [5.74, 6) is -0.0535. The number of esters is 1. The van der Waals surface area contributed by atoms with Gasteiger partial charge in [-0.3, -0.25) is 4.79 Å². The normalized spacial score (nSPS) is 11.3. The van der Waals surface area contributed by atoms with Crippen LogP contribution in [0.1, 0.15) is 25.5 Å². The second-order valence-corrected chi connectivity index (χ2v) is 5.34. The van der Waals surface area contributed by atoms with Crippen molar-refractivity contribution in [1.82, 2.24) is 0 Å². The highest BCUT2D eigenvalue weighted by molar-refractivity contribution is 5.91. The zero-order valence-corrected chi connectivity index (χ0v) is 14.5. The van der Waals surface area contributed by atoms with Crippen LogP contribution >= 0.6 is 0 Å². The fraction of sp³-hybridized carbons (Fsp3) is 0.263. The molecule has 0 aliphatic rings. The van der Waals surface area contributed by atoms with Crippen LogP contribution in [-0.2, 0) is 14.3 Å². The van der Waals surface area contributed by atoms with Gasteiger partial charge in [-0.05, 0) is 24.6 Å². The number of anilines is 2. The molecule has 0 aromatic heterocycles. The molecule has 0 bridgehead atoms. The number of hydrogen-bond donors (Lipinski definition) is 2. The number of carbonyl (C=O) groups excluding carboxylic acids is 2. The Hall–Kier alpha value is -3.02. The third-order valence-corrected chi connectivity index (χ3v) is 3.48. The highest BCUT2D eigenvalue weighted by atomic mass is 16.5. The van der Waals surface area contributed by atoms with Crippen molar-refractivity contribution >= 4 is 23.3 Å². The molecule has 132 valence electrons. The average molecular weight is 342 g/mol. The Morgan fingerprint density at radius 3 is 2.44 bits per heavy atom. The van der Waals surface area contributed by atoms with Gasteiger partial charge in [0.25, 0.3) is 0 Å². The van der Waals surface area contributed by atoms with Crippen LogP contribution in [0.3, 0.4) is 0 Å². The summed E-state index contributed by atoms with van der Waals surface area (Å²) in [6.45, 7) is 3.50. The maximum Gasteiger partial charge on any atom is 0.333 e. The van der Waals surface area contributed by atoms with E-state index in [4.69, 9.17) is 9.47 Å². The molecule has 0 saturated carbocycles. The van der Waals surface area contributed by atoms with Crippen LogP contribution < -0.4 is 15.4 Å². The Morgan fingerprint density at radius 2 is 1.84 bits per heavy atom. The quantitative estimate of drug-likeness (QED) is 0.755. The van der Waals surface area contributed by atoms with Crippen molar-refractivity contribution in [3.05, 3.63) is 54.1 Å². The fourth-order valence-corrected chi connectivity index (χ4v) is 2.39. The highest BCUT2D eigenvalue weighted by Gasteiger charge is 2.22. The topological polar surface area (TPSA) is 76.7 Å². The first-order valence-electron chi connectivity index (χ1n) is 7.99. The number of hydrogen-bond acceptors (Lipinski definition) is 5. The molecule has 0 spiro atoms. The van der Waals surface area contributed by atoms with Crippen molar-refractivity contribution in [3.8, 4) is 5.75 Å². The molecule has 0 heterocycles. The van der Waals surface area contributed by atoms with Gasteiger partial charge in [-0.1, -0.05) is 30.3 Å². The molecule has 2 aromatic carbocycles. The molecule has 2 aromatic rings. The van der Waals surface area contributed by atoms with E-state index < -0.39 is 6.04 Å². The predicted octanol–water partition coefficient (Wildman–Crippen LogP) is 3.37. The van der Waals surface area contributed by atoms with E-state index in [0.29, 0.717) is 23.7 Å².